The second kappa shape index (κ2) is 6.07. The second-order valence-electron chi connectivity index (χ2n) is 5.67. The van der Waals surface area contributed by atoms with Crippen molar-refractivity contribution in [2.75, 3.05) is 0 Å². The molecular formula is C21H16NOP. The third kappa shape index (κ3) is 2.46. The van der Waals surface area contributed by atoms with Crippen molar-refractivity contribution in [2.45, 2.75) is 0 Å². The molecule has 0 saturated heterocycles. The quantitative estimate of drug-likeness (QED) is 0.534. The molecule has 0 aliphatic carbocycles. The van der Waals surface area contributed by atoms with Crippen LogP contribution in [-0.2, 0) is 4.57 Å². The van der Waals surface area contributed by atoms with Crippen LogP contribution in [0.5, 0.6) is 0 Å². The second-order valence-corrected chi connectivity index (χ2v) is 8.38. The molecule has 1 heterocycles. The van der Waals surface area contributed by atoms with E-state index in [-0.39, 0.29) is 0 Å². The molecule has 0 radical (unpaired) electrons. The Balaban J connectivity index is 2.00. The van der Waals surface area contributed by atoms with Crippen LogP contribution in [0.3, 0.4) is 0 Å². The lowest BCUT2D eigenvalue weighted by molar-refractivity contribution is 0.592. The maximum atomic E-state index is 14.2. The Bertz CT molecular complexity index is 986. The van der Waals surface area contributed by atoms with Crippen LogP contribution < -0.4 is 16.0 Å². The van der Waals surface area contributed by atoms with Crippen LogP contribution in [0.15, 0.2) is 97.2 Å². The Morgan fingerprint density at radius 3 is 1.71 bits per heavy atom. The van der Waals surface area contributed by atoms with E-state index in [0.717, 1.165) is 21.4 Å². The highest BCUT2D eigenvalue weighted by molar-refractivity contribution is 7.85. The van der Waals surface area contributed by atoms with Gasteiger partial charge in [0.15, 0.2) is 7.14 Å². The van der Waals surface area contributed by atoms with Gasteiger partial charge in [-0.1, -0.05) is 84.9 Å². The molecule has 24 heavy (non-hydrogen) atoms. The predicted octanol–water partition coefficient (Wildman–Crippen LogP) is 3.87. The van der Waals surface area contributed by atoms with Crippen molar-refractivity contribution in [1.29, 1.82) is 0 Å². The average molecular weight is 329 g/mol. The van der Waals surface area contributed by atoms with Gasteiger partial charge in [0, 0.05) is 22.2 Å². The lowest BCUT2D eigenvalue weighted by Crippen LogP contribution is -2.26. The molecule has 0 saturated carbocycles. The van der Waals surface area contributed by atoms with Crippen LogP contribution >= 0.6 is 7.14 Å². The van der Waals surface area contributed by atoms with Gasteiger partial charge in [-0.05, 0) is 11.5 Å². The first-order chi connectivity index (χ1) is 11.8. The fourth-order valence-electron chi connectivity index (χ4n) is 2.93. The fraction of sp³-hybridized carbons (Fsp3) is 0. The van der Waals surface area contributed by atoms with E-state index in [1.54, 1.807) is 0 Å². The summed E-state index contributed by atoms with van der Waals surface area (Å²) >= 11 is 0. The summed E-state index contributed by atoms with van der Waals surface area (Å²) in [6.07, 6.45) is 1.81. The molecule has 0 spiro atoms. The van der Waals surface area contributed by atoms with E-state index >= 15 is 0 Å². The molecule has 0 aliphatic rings. The summed E-state index contributed by atoms with van der Waals surface area (Å²) in [6, 6.07) is 29.2. The largest absolute Gasteiger partial charge is 0.307 e. The van der Waals surface area contributed by atoms with Gasteiger partial charge in [0.25, 0.3) is 0 Å². The highest BCUT2D eigenvalue weighted by atomic mass is 31.2. The van der Waals surface area contributed by atoms with Gasteiger partial charge < -0.3 is 4.57 Å². The normalized spacial score (nSPS) is 11.5. The van der Waals surface area contributed by atoms with Crippen LogP contribution in [-0.4, -0.2) is 4.98 Å². The third-order valence-electron chi connectivity index (χ3n) is 4.18. The topological polar surface area (TPSA) is 30.0 Å². The van der Waals surface area contributed by atoms with Crippen LogP contribution in [0, 0.1) is 0 Å². The fourth-order valence-corrected chi connectivity index (χ4v) is 5.49. The summed E-state index contributed by atoms with van der Waals surface area (Å²) in [5.41, 5.74) is 0.624. The zero-order chi connectivity index (χ0) is 16.4. The van der Waals surface area contributed by atoms with E-state index in [0.29, 0.717) is 5.44 Å². The summed E-state index contributed by atoms with van der Waals surface area (Å²) < 4.78 is 14.2. The molecule has 0 N–H and O–H groups in total. The summed E-state index contributed by atoms with van der Waals surface area (Å²) in [7, 11) is -2.99. The SMILES string of the molecule is O=P(c1ccccc1)(c1ccccc1)c1cc2ccccc2cn1. The van der Waals surface area contributed by atoms with Gasteiger partial charge in [-0.2, -0.15) is 0 Å². The number of aromatic nitrogens is 1. The van der Waals surface area contributed by atoms with Gasteiger partial charge in [-0.25, -0.2) is 0 Å². The number of hydrogen-bond acceptors (Lipinski definition) is 2. The van der Waals surface area contributed by atoms with E-state index in [1.807, 2.05) is 97.2 Å². The molecule has 2 nitrogen and oxygen atoms in total. The molecule has 0 bridgehead atoms. The summed E-state index contributed by atoms with van der Waals surface area (Å²) in [4.78, 5) is 4.57. The smallest absolute Gasteiger partial charge is 0.188 e. The Hall–Kier alpha value is -2.70. The Morgan fingerprint density at radius 1 is 0.625 bits per heavy atom. The van der Waals surface area contributed by atoms with Gasteiger partial charge >= 0.3 is 0 Å². The molecule has 0 fully saturated rings. The minimum Gasteiger partial charge on any atom is -0.307 e. The number of fused-ring (bicyclic) bond motifs is 1. The van der Waals surface area contributed by atoms with E-state index in [2.05, 4.69) is 4.98 Å². The van der Waals surface area contributed by atoms with E-state index in [1.165, 1.54) is 0 Å². The summed E-state index contributed by atoms with van der Waals surface area (Å²) in [5, 5.41) is 3.71. The van der Waals surface area contributed by atoms with Gasteiger partial charge in [-0.15, -0.1) is 0 Å². The molecule has 116 valence electrons. The van der Waals surface area contributed by atoms with Crippen molar-refractivity contribution >= 4 is 34.0 Å². The molecule has 0 aliphatic heterocycles. The Kier molecular flexibility index (Phi) is 3.76. The zero-order valence-electron chi connectivity index (χ0n) is 13.0. The number of nitrogens with zero attached hydrogens (tertiary/aromatic N) is 1. The lowest BCUT2D eigenvalue weighted by Gasteiger charge is -2.19. The first-order valence-electron chi connectivity index (χ1n) is 7.85. The van der Waals surface area contributed by atoms with Gasteiger partial charge in [0.05, 0.1) is 0 Å². The van der Waals surface area contributed by atoms with Crippen LogP contribution in [0.25, 0.3) is 10.8 Å². The van der Waals surface area contributed by atoms with Crippen LogP contribution in [0.4, 0.5) is 0 Å². The predicted molar refractivity (Wildman–Crippen MR) is 101 cm³/mol. The number of hydrogen-bond donors (Lipinski definition) is 0. The molecule has 4 aromatic rings. The van der Waals surface area contributed by atoms with Gasteiger partial charge in [-0.3, -0.25) is 4.98 Å². The van der Waals surface area contributed by atoms with Crippen molar-refractivity contribution < 1.29 is 4.57 Å². The molecule has 3 heteroatoms. The first kappa shape index (κ1) is 14.9. The lowest BCUT2D eigenvalue weighted by atomic mass is 10.2. The number of rotatable bonds is 3. The maximum absolute atomic E-state index is 14.2. The monoisotopic (exact) mass is 329 g/mol. The molecule has 3 aromatic carbocycles. The van der Waals surface area contributed by atoms with Crippen molar-refractivity contribution in [3.63, 3.8) is 0 Å². The Morgan fingerprint density at radius 2 is 1.12 bits per heavy atom. The van der Waals surface area contributed by atoms with Gasteiger partial charge in [0.1, 0.15) is 5.44 Å². The molecule has 4 rings (SSSR count). The van der Waals surface area contributed by atoms with Crippen LogP contribution in [0.2, 0.25) is 0 Å². The molecule has 0 atom stereocenters. The van der Waals surface area contributed by atoms with E-state index in [4.69, 9.17) is 0 Å². The highest BCUT2D eigenvalue weighted by Gasteiger charge is 2.31. The van der Waals surface area contributed by atoms with Crippen molar-refractivity contribution in [3.05, 3.63) is 97.2 Å². The van der Waals surface area contributed by atoms with Crippen molar-refractivity contribution in [2.24, 2.45) is 0 Å². The number of pyridine rings is 1. The molecular weight excluding hydrogens is 313 g/mol. The third-order valence-corrected chi connectivity index (χ3v) is 7.12. The summed E-state index contributed by atoms with van der Waals surface area (Å²) in [5.74, 6) is 0. The molecule has 0 amide bonds. The zero-order valence-corrected chi connectivity index (χ0v) is 13.9. The molecule has 0 unspecified atom stereocenters. The maximum Gasteiger partial charge on any atom is 0.188 e. The number of benzene rings is 3. The van der Waals surface area contributed by atoms with Crippen molar-refractivity contribution in [3.8, 4) is 0 Å². The highest BCUT2D eigenvalue weighted by Crippen LogP contribution is 2.41. The Labute approximate surface area is 141 Å². The van der Waals surface area contributed by atoms with Crippen LogP contribution in [0.1, 0.15) is 0 Å². The summed E-state index contributed by atoms with van der Waals surface area (Å²) in [6.45, 7) is 0. The van der Waals surface area contributed by atoms with Gasteiger partial charge in [0.2, 0.25) is 0 Å². The molecule has 1 aromatic heterocycles. The average Bonchev–Trinajstić information content (AvgIpc) is 2.68. The minimum atomic E-state index is -2.99. The van der Waals surface area contributed by atoms with Crippen molar-refractivity contribution in [1.82, 2.24) is 4.98 Å². The first-order valence-corrected chi connectivity index (χ1v) is 9.56. The van der Waals surface area contributed by atoms with E-state index < -0.39 is 7.14 Å². The standard InChI is InChI=1S/C21H16NOP/c23-24(19-11-3-1-4-12-19,20-13-5-2-6-14-20)21-15-17-9-7-8-10-18(17)16-22-21/h1-16H. The minimum absolute atomic E-state index is 0.624. The van der Waals surface area contributed by atoms with E-state index in [9.17, 15) is 4.57 Å².